The van der Waals surface area contributed by atoms with E-state index in [1.165, 1.54) is 6.42 Å². The smallest absolute Gasteiger partial charge is 0.256 e. The predicted octanol–water partition coefficient (Wildman–Crippen LogP) is 2.04. The number of rotatable bonds is 5. The molecule has 116 valence electrons. The highest BCUT2D eigenvalue weighted by molar-refractivity contribution is 5.99. The molecule has 1 aromatic carbocycles. The number of aliphatic hydroxyl groups is 1. The lowest BCUT2D eigenvalue weighted by Gasteiger charge is -2.34. The summed E-state index contributed by atoms with van der Waals surface area (Å²) in [7, 11) is 1.57. The number of nitrogens with zero attached hydrogens (tertiary/aromatic N) is 1. The van der Waals surface area contributed by atoms with Crippen LogP contribution in [0.3, 0.4) is 0 Å². The van der Waals surface area contributed by atoms with Crippen LogP contribution in [0.4, 0.5) is 5.69 Å². The van der Waals surface area contributed by atoms with Crippen molar-refractivity contribution in [2.24, 2.45) is 0 Å². The average Bonchev–Trinajstić information content (AvgIpc) is 2.52. The number of nitrogen functional groups attached to an aromatic ring is 1. The summed E-state index contributed by atoms with van der Waals surface area (Å²) in [6.45, 7) is 0.327. The Morgan fingerprint density at radius 2 is 2.10 bits per heavy atom. The van der Waals surface area contributed by atoms with E-state index in [0.29, 0.717) is 23.5 Å². The number of anilines is 1. The molecule has 0 aromatic heterocycles. The SMILES string of the molecule is COc1ccc(C(=O)N(CCO)C2CCCCC2)c(N)c1. The first-order chi connectivity index (χ1) is 10.2. The maximum Gasteiger partial charge on any atom is 0.256 e. The zero-order valence-corrected chi connectivity index (χ0v) is 12.5. The molecule has 0 heterocycles. The maximum absolute atomic E-state index is 12.7. The van der Waals surface area contributed by atoms with Gasteiger partial charge in [0.15, 0.2) is 0 Å². The highest BCUT2D eigenvalue weighted by atomic mass is 16.5. The van der Waals surface area contributed by atoms with Crippen LogP contribution < -0.4 is 10.5 Å². The third kappa shape index (κ3) is 3.67. The third-order valence-corrected chi connectivity index (χ3v) is 4.11. The Hall–Kier alpha value is -1.75. The Morgan fingerprint density at radius 3 is 2.67 bits per heavy atom. The molecule has 3 N–H and O–H groups in total. The second kappa shape index (κ2) is 7.31. The third-order valence-electron chi connectivity index (χ3n) is 4.11. The lowest BCUT2D eigenvalue weighted by Crippen LogP contribution is -2.43. The van der Waals surface area contributed by atoms with Crippen molar-refractivity contribution in [3.63, 3.8) is 0 Å². The number of hydrogen-bond acceptors (Lipinski definition) is 4. The summed E-state index contributed by atoms with van der Waals surface area (Å²) in [5.41, 5.74) is 6.87. The minimum absolute atomic E-state index is 0.0295. The Labute approximate surface area is 125 Å². The minimum atomic E-state index is -0.101. The molecule has 1 aliphatic carbocycles. The van der Waals surface area contributed by atoms with Crippen molar-refractivity contribution in [3.05, 3.63) is 23.8 Å². The predicted molar refractivity (Wildman–Crippen MR) is 82.4 cm³/mol. The molecule has 0 atom stereocenters. The van der Waals surface area contributed by atoms with Gasteiger partial charge < -0.3 is 20.5 Å². The van der Waals surface area contributed by atoms with Gasteiger partial charge in [0.1, 0.15) is 5.75 Å². The van der Waals surface area contributed by atoms with Crippen molar-refractivity contribution >= 4 is 11.6 Å². The molecule has 1 fully saturated rings. The summed E-state index contributed by atoms with van der Waals surface area (Å²) in [6.07, 6.45) is 5.50. The van der Waals surface area contributed by atoms with Gasteiger partial charge in [0.25, 0.3) is 5.91 Å². The molecular weight excluding hydrogens is 268 g/mol. The van der Waals surface area contributed by atoms with Gasteiger partial charge in [-0.1, -0.05) is 19.3 Å². The van der Waals surface area contributed by atoms with Crippen LogP contribution in [-0.4, -0.2) is 42.2 Å². The van der Waals surface area contributed by atoms with E-state index in [9.17, 15) is 9.90 Å². The highest BCUT2D eigenvalue weighted by Crippen LogP contribution is 2.26. The number of hydrogen-bond donors (Lipinski definition) is 2. The Kier molecular flexibility index (Phi) is 5.44. The van der Waals surface area contributed by atoms with E-state index in [1.54, 1.807) is 30.2 Å². The van der Waals surface area contributed by atoms with Crippen molar-refractivity contribution < 1.29 is 14.6 Å². The van der Waals surface area contributed by atoms with Crippen LogP contribution >= 0.6 is 0 Å². The van der Waals surface area contributed by atoms with E-state index < -0.39 is 0 Å². The van der Waals surface area contributed by atoms with E-state index in [4.69, 9.17) is 10.5 Å². The molecule has 0 unspecified atom stereocenters. The lowest BCUT2D eigenvalue weighted by atomic mass is 9.93. The van der Waals surface area contributed by atoms with E-state index in [0.717, 1.165) is 25.7 Å². The highest BCUT2D eigenvalue weighted by Gasteiger charge is 2.26. The van der Waals surface area contributed by atoms with Crippen LogP contribution in [0.5, 0.6) is 5.75 Å². The van der Waals surface area contributed by atoms with Gasteiger partial charge in [-0.05, 0) is 25.0 Å². The standard InChI is InChI=1S/C16H24N2O3/c1-21-13-7-8-14(15(17)11-13)16(20)18(9-10-19)12-5-3-2-4-6-12/h7-8,11-12,19H,2-6,9-10,17H2,1H3. The fourth-order valence-corrected chi connectivity index (χ4v) is 2.97. The molecule has 0 aliphatic heterocycles. The molecule has 1 aliphatic rings. The number of ether oxygens (including phenoxy) is 1. The van der Waals surface area contributed by atoms with E-state index in [1.807, 2.05) is 0 Å². The van der Waals surface area contributed by atoms with Crippen molar-refractivity contribution in [1.29, 1.82) is 0 Å². The first kappa shape index (κ1) is 15.6. The molecule has 2 rings (SSSR count). The molecule has 0 spiro atoms. The molecular formula is C16H24N2O3. The fourth-order valence-electron chi connectivity index (χ4n) is 2.97. The quantitative estimate of drug-likeness (QED) is 0.814. The van der Waals surface area contributed by atoms with E-state index in [-0.39, 0.29) is 18.6 Å². The normalized spacial score (nSPS) is 15.7. The van der Waals surface area contributed by atoms with Gasteiger partial charge in [0, 0.05) is 24.3 Å². The van der Waals surface area contributed by atoms with Crippen LogP contribution in [0, 0.1) is 0 Å². The number of nitrogens with two attached hydrogens (primary N) is 1. The summed E-state index contributed by atoms with van der Waals surface area (Å²) in [4.78, 5) is 14.5. The van der Waals surface area contributed by atoms with Crippen LogP contribution in [0.25, 0.3) is 0 Å². The van der Waals surface area contributed by atoms with Gasteiger partial charge in [0.2, 0.25) is 0 Å². The number of methoxy groups -OCH3 is 1. The van der Waals surface area contributed by atoms with E-state index in [2.05, 4.69) is 0 Å². The summed E-state index contributed by atoms with van der Waals surface area (Å²) in [6, 6.07) is 5.30. The van der Waals surface area contributed by atoms with Crippen molar-refractivity contribution in [2.45, 2.75) is 38.1 Å². The number of carbonyl (C=O) groups excluding carboxylic acids is 1. The molecule has 21 heavy (non-hydrogen) atoms. The van der Waals surface area contributed by atoms with Crippen LogP contribution in [0.1, 0.15) is 42.5 Å². The van der Waals surface area contributed by atoms with Crippen LogP contribution in [0.15, 0.2) is 18.2 Å². The van der Waals surface area contributed by atoms with Gasteiger partial charge in [-0.25, -0.2) is 0 Å². The molecule has 0 radical (unpaired) electrons. The maximum atomic E-state index is 12.7. The van der Waals surface area contributed by atoms with Crippen molar-refractivity contribution in [1.82, 2.24) is 4.90 Å². The topological polar surface area (TPSA) is 75.8 Å². The Balaban J connectivity index is 2.21. The molecule has 5 nitrogen and oxygen atoms in total. The molecule has 0 saturated heterocycles. The number of carbonyl (C=O) groups is 1. The van der Waals surface area contributed by atoms with Crippen LogP contribution in [0.2, 0.25) is 0 Å². The molecule has 1 aromatic rings. The van der Waals surface area contributed by atoms with Gasteiger partial charge in [-0.3, -0.25) is 4.79 Å². The van der Waals surface area contributed by atoms with E-state index >= 15 is 0 Å². The largest absolute Gasteiger partial charge is 0.497 e. The summed E-state index contributed by atoms with van der Waals surface area (Å²) in [5, 5.41) is 9.27. The fraction of sp³-hybridized carbons (Fsp3) is 0.562. The average molecular weight is 292 g/mol. The first-order valence-electron chi connectivity index (χ1n) is 7.52. The van der Waals surface area contributed by atoms with Gasteiger partial charge in [0.05, 0.1) is 19.3 Å². The zero-order chi connectivity index (χ0) is 15.2. The first-order valence-corrected chi connectivity index (χ1v) is 7.52. The van der Waals surface area contributed by atoms with Crippen molar-refractivity contribution in [2.75, 3.05) is 26.0 Å². The number of benzene rings is 1. The molecule has 1 saturated carbocycles. The Bertz CT molecular complexity index is 484. The number of amides is 1. The van der Waals surface area contributed by atoms with Crippen LogP contribution in [-0.2, 0) is 0 Å². The van der Waals surface area contributed by atoms with Gasteiger partial charge in [-0.2, -0.15) is 0 Å². The molecule has 1 amide bonds. The zero-order valence-electron chi connectivity index (χ0n) is 12.5. The Morgan fingerprint density at radius 1 is 1.38 bits per heavy atom. The van der Waals surface area contributed by atoms with Gasteiger partial charge >= 0.3 is 0 Å². The van der Waals surface area contributed by atoms with Crippen molar-refractivity contribution in [3.8, 4) is 5.75 Å². The monoisotopic (exact) mass is 292 g/mol. The second-order valence-electron chi connectivity index (χ2n) is 5.47. The second-order valence-corrected chi connectivity index (χ2v) is 5.47. The summed E-state index contributed by atoms with van der Waals surface area (Å²) >= 11 is 0. The molecule has 0 bridgehead atoms. The lowest BCUT2D eigenvalue weighted by molar-refractivity contribution is 0.0586. The summed E-state index contributed by atoms with van der Waals surface area (Å²) < 4.78 is 5.11. The van der Waals surface area contributed by atoms with Gasteiger partial charge in [-0.15, -0.1) is 0 Å². The molecule has 5 heteroatoms. The minimum Gasteiger partial charge on any atom is -0.497 e. The number of aliphatic hydroxyl groups excluding tert-OH is 1. The summed E-state index contributed by atoms with van der Waals surface area (Å²) in [5.74, 6) is 0.534.